The first-order chi connectivity index (χ1) is 9.78. The molecule has 0 spiro atoms. The van der Waals surface area contributed by atoms with Gasteiger partial charge in [0.25, 0.3) is 5.89 Å². The summed E-state index contributed by atoms with van der Waals surface area (Å²) in [4.78, 5) is 7.05. The summed E-state index contributed by atoms with van der Waals surface area (Å²) in [6.45, 7) is 2.10. The zero-order valence-corrected chi connectivity index (χ0v) is 13.3. The van der Waals surface area contributed by atoms with Gasteiger partial charge < -0.3 is 4.52 Å². The zero-order valence-electron chi connectivity index (χ0n) is 11.7. The van der Waals surface area contributed by atoms with Gasteiger partial charge in [0.2, 0.25) is 0 Å². The maximum absolute atomic E-state index is 6.25. The molecule has 0 aliphatic heterocycles. The third-order valence-corrected chi connectivity index (χ3v) is 5.36. The van der Waals surface area contributed by atoms with E-state index in [1.807, 2.05) is 0 Å². The van der Waals surface area contributed by atoms with Crippen LogP contribution in [0, 0.1) is 0 Å². The van der Waals surface area contributed by atoms with E-state index < -0.39 is 0 Å². The second kappa shape index (κ2) is 6.27. The SMILES string of the molecule is CCCC(Cl)c1noc(-c2cc3c(s2)CCCCC3)n1. The zero-order chi connectivity index (χ0) is 13.9. The number of aryl methyl sites for hydroxylation is 2. The third-order valence-electron chi connectivity index (χ3n) is 3.72. The predicted octanol–water partition coefficient (Wildman–Crippen LogP) is 5.15. The van der Waals surface area contributed by atoms with Crippen LogP contribution in [0.4, 0.5) is 0 Å². The number of nitrogens with zero attached hydrogens (tertiary/aromatic N) is 2. The Morgan fingerprint density at radius 2 is 2.20 bits per heavy atom. The summed E-state index contributed by atoms with van der Waals surface area (Å²) in [6, 6.07) is 2.23. The molecule has 3 rings (SSSR count). The van der Waals surface area contributed by atoms with Crippen molar-refractivity contribution < 1.29 is 4.52 Å². The highest BCUT2D eigenvalue weighted by atomic mass is 35.5. The molecule has 0 amide bonds. The summed E-state index contributed by atoms with van der Waals surface area (Å²) in [6.07, 6.45) is 8.19. The molecule has 1 aliphatic carbocycles. The highest BCUT2D eigenvalue weighted by molar-refractivity contribution is 7.15. The van der Waals surface area contributed by atoms with Gasteiger partial charge in [-0.3, -0.25) is 0 Å². The van der Waals surface area contributed by atoms with E-state index in [1.165, 1.54) is 42.5 Å². The molecule has 2 heterocycles. The Morgan fingerprint density at radius 1 is 1.35 bits per heavy atom. The van der Waals surface area contributed by atoms with Gasteiger partial charge in [-0.15, -0.1) is 22.9 Å². The molecule has 2 aromatic heterocycles. The molecule has 5 heteroatoms. The van der Waals surface area contributed by atoms with Gasteiger partial charge in [-0.1, -0.05) is 24.9 Å². The van der Waals surface area contributed by atoms with Crippen LogP contribution in [0.15, 0.2) is 10.6 Å². The fourth-order valence-corrected chi connectivity index (χ4v) is 4.10. The van der Waals surface area contributed by atoms with Crippen LogP contribution in [-0.2, 0) is 12.8 Å². The van der Waals surface area contributed by atoms with E-state index in [9.17, 15) is 0 Å². The lowest BCUT2D eigenvalue weighted by Crippen LogP contribution is -1.92. The van der Waals surface area contributed by atoms with Crippen LogP contribution < -0.4 is 0 Å². The lowest BCUT2D eigenvalue weighted by Gasteiger charge is -1.99. The number of aromatic nitrogens is 2. The largest absolute Gasteiger partial charge is 0.333 e. The Labute approximate surface area is 128 Å². The Balaban J connectivity index is 1.83. The van der Waals surface area contributed by atoms with Crippen LogP contribution >= 0.6 is 22.9 Å². The Hall–Kier alpha value is -0.870. The van der Waals surface area contributed by atoms with Gasteiger partial charge in [0.05, 0.1) is 10.3 Å². The molecule has 0 radical (unpaired) electrons. The van der Waals surface area contributed by atoms with E-state index in [1.54, 1.807) is 11.3 Å². The molecule has 0 saturated heterocycles. The van der Waals surface area contributed by atoms with Gasteiger partial charge in [-0.25, -0.2) is 0 Å². The molecule has 0 N–H and O–H groups in total. The van der Waals surface area contributed by atoms with Crippen LogP contribution in [0.2, 0.25) is 0 Å². The number of hydrogen-bond acceptors (Lipinski definition) is 4. The third kappa shape index (κ3) is 2.91. The molecule has 3 nitrogen and oxygen atoms in total. The van der Waals surface area contributed by atoms with Crippen molar-refractivity contribution in [1.82, 2.24) is 10.1 Å². The second-order valence-electron chi connectivity index (χ2n) is 5.33. The molecular weight excluding hydrogens is 292 g/mol. The number of alkyl halides is 1. The summed E-state index contributed by atoms with van der Waals surface area (Å²) in [7, 11) is 0. The molecule has 0 fully saturated rings. The summed E-state index contributed by atoms with van der Waals surface area (Å²) in [5.41, 5.74) is 1.47. The smallest absolute Gasteiger partial charge is 0.268 e. The van der Waals surface area contributed by atoms with Gasteiger partial charge in [-0.2, -0.15) is 4.98 Å². The molecule has 0 bridgehead atoms. The Bertz CT molecular complexity index is 555. The Morgan fingerprint density at radius 3 is 3.05 bits per heavy atom. The van der Waals surface area contributed by atoms with Crippen molar-refractivity contribution in [3.05, 3.63) is 22.3 Å². The summed E-state index contributed by atoms with van der Waals surface area (Å²) >= 11 is 8.05. The fourth-order valence-electron chi connectivity index (χ4n) is 2.62. The maximum Gasteiger partial charge on any atom is 0.268 e. The van der Waals surface area contributed by atoms with Crippen molar-refractivity contribution in [3.8, 4) is 10.8 Å². The van der Waals surface area contributed by atoms with E-state index in [4.69, 9.17) is 16.1 Å². The molecule has 1 aliphatic rings. The van der Waals surface area contributed by atoms with Gasteiger partial charge in [0.15, 0.2) is 5.82 Å². The summed E-state index contributed by atoms with van der Waals surface area (Å²) in [5, 5.41) is 3.88. The minimum Gasteiger partial charge on any atom is -0.333 e. The topological polar surface area (TPSA) is 38.9 Å². The number of fused-ring (bicyclic) bond motifs is 1. The van der Waals surface area contributed by atoms with Crippen molar-refractivity contribution in [3.63, 3.8) is 0 Å². The average Bonchev–Trinajstić information content (AvgIpc) is 3.02. The van der Waals surface area contributed by atoms with Crippen LogP contribution in [0.3, 0.4) is 0 Å². The van der Waals surface area contributed by atoms with Gasteiger partial charge in [0.1, 0.15) is 0 Å². The minimum atomic E-state index is -0.143. The highest BCUT2D eigenvalue weighted by Crippen LogP contribution is 2.35. The summed E-state index contributed by atoms with van der Waals surface area (Å²) < 4.78 is 5.39. The standard InChI is InChI=1S/C15H19ClN2OS/c1-2-6-11(16)14-17-15(19-18-14)13-9-10-7-4-3-5-8-12(10)20-13/h9,11H,2-8H2,1H3. The summed E-state index contributed by atoms with van der Waals surface area (Å²) in [5.74, 6) is 1.24. The van der Waals surface area contributed by atoms with Crippen molar-refractivity contribution >= 4 is 22.9 Å². The number of rotatable bonds is 4. The molecule has 108 valence electrons. The predicted molar refractivity (Wildman–Crippen MR) is 82.4 cm³/mol. The van der Waals surface area contributed by atoms with Crippen molar-refractivity contribution in [1.29, 1.82) is 0 Å². The maximum atomic E-state index is 6.25. The molecule has 0 saturated carbocycles. The first-order valence-corrected chi connectivity index (χ1v) is 8.63. The molecule has 1 atom stereocenters. The number of thiophene rings is 1. The van der Waals surface area contributed by atoms with Crippen LogP contribution in [0.1, 0.15) is 60.7 Å². The quantitative estimate of drug-likeness (QED) is 0.579. The second-order valence-corrected chi connectivity index (χ2v) is 7.00. The van der Waals surface area contributed by atoms with Crippen molar-refractivity contribution in [2.45, 2.75) is 57.2 Å². The average molecular weight is 311 g/mol. The molecule has 0 aromatic carbocycles. The van der Waals surface area contributed by atoms with E-state index >= 15 is 0 Å². The van der Waals surface area contributed by atoms with Gasteiger partial charge in [-0.05, 0) is 43.7 Å². The van der Waals surface area contributed by atoms with Crippen molar-refractivity contribution in [2.24, 2.45) is 0 Å². The monoisotopic (exact) mass is 310 g/mol. The minimum absolute atomic E-state index is 0.143. The van der Waals surface area contributed by atoms with E-state index in [0.717, 1.165) is 17.7 Å². The van der Waals surface area contributed by atoms with E-state index in [-0.39, 0.29) is 5.38 Å². The van der Waals surface area contributed by atoms with Crippen molar-refractivity contribution in [2.75, 3.05) is 0 Å². The highest BCUT2D eigenvalue weighted by Gasteiger charge is 2.19. The molecule has 2 aromatic rings. The fraction of sp³-hybridized carbons (Fsp3) is 0.600. The van der Waals surface area contributed by atoms with Gasteiger partial charge in [0, 0.05) is 4.88 Å². The van der Waals surface area contributed by atoms with Crippen LogP contribution in [0.5, 0.6) is 0 Å². The normalized spacial score (nSPS) is 16.7. The first-order valence-electron chi connectivity index (χ1n) is 7.37. The van der Waals surface area contributed by atoms with E-state index in [2.05, 4.69) is 23.1 Å². The lowest BCUT2D eigenvalue weighted by atomic mass is 10.1. The number of hydrogen-bond donors (Lipinski definition) is 0. The van der Waals surface area contributed by atoms with E-state index in [0.29, 0.717) is 11.7 Å². The molecule has 1 unspecified atom stereocenters. The number of halogens is 1. The van der Waals surface area contributed by atoms with Crippen LogP contribution in [0.25, 0.3) is 10.8 Å². The molecular formula is C15H19ClN2OS. The Kier molecular flexibility index (Phi) is 4.41. The molecule has 20 heavy (non-hydrogen) atoms. The first kappa shape index (κ1) is 14.1. The lowest BCUT2D eigenvalue weighted by molar-refractivity contribution is 0.421. The van der Waals surface area contributed by atoms with Gasteiger partial charge >= 0.3 is 0 Å². The van der Waals surface area contributed by atoms with Crippen LogP contribution in [-0.4, -0.2) is 10.1 Å².